The third-order valence-electron chi connectivity index (χ3n) is 4.95. The van der Waals surface area contributed by atoms with Crippen molar-refractivity contribution in [3.8, 4) is 11.5 Å². The number of carbonyl (C=O) groups excluding carboxylic acids is 2. The van der Waals surface area contributed by atoms with Crippen molar-refractivity contribution >= 4 is 64.1 Å². The molecule has 9 heteroatoms. The predicted molar refractivity (Wildman–Crippen MR) is 136 cm³/mol. The van der Waals surface area contributed by atoms with E-state index in [1.165, 1.54) is 18.1 Å². The summed E-state index contributed by atoms with van der Waals surface area (Å²) in [6, 6.07) is 19.3. The second kappa shape index (κ2) is 10.3. The maximum absolute atomic E-state index is 13.2. The average Bonchev–Trinajstić information content (AvgIpc) is 2.81. The lowest BCUT2D eigenvalue weighted by atomic mass is 10.1. The van der Waals surface area contributed by atoms with Gasteiger partial charge in [-0.1, -0.05) is 53.5 Å². The zero-order valence-corrected chi connectivity index (χ0v) is 20.2. The lowest BCUT2D eigenvalue weighted by Crippen LogP contribution is -2.54. The topological polar surface area (TPSA) is 67.9 Å². The molecule has 3 aromatic carbocycles. The Morgan fingerprint density at radius 2 is 1.79 bits per heavy atom. The van der Waals surface area contributed by atoms with E-state index >= 15 is 0 Å². The van der Waals surface area contributed by atoms with Crippen molar-refractivity contribution in [1.29, 1.82) is 0 Å². The monoisotopic (exact) mass is 512 g/mol. The van der Waals surface area contributed by atoms with Crippen molar-refractivity contribution < 1.29 is 19.1 Å². The van der Waals surface area contributed by atoms with Crippen LogP contribution in [0.4, 0.5) is 5.69 Å². The van der Waals surface area contributed by atoms with E-state index in [2.05, 4.69) is 5.32 Å². The van der Waals surface area contributed by atoms with Crippen LogP contribution in [0.2, 0.25) is 10.0 Å². The largest absolute Gasteiger partial charge is 0.493 e. The summed E-state index contributed by atoms with van der Waals surface area (Å²) in [6.45, 7) is 0.224. The quantitative estimate of drug-likeness (QED) is 0.271. The van der Waals surface area contributed by atoms with E-state index in [0.717, 1.165) is 5.56 Å². The Kier molecular flexibility index (Phi) is 7.17. The first kappa shape index (κ1) is 23.8. The van der Waals surface area contributed by atoms with Gasteiger partial charge in [0, 0.05) is 5.02 Å². The molecule has 0 unspecified atom stereocenters. The first-order valence-corrected chi connectivity index (χ1v) is 11.2. The van der Waals surface area contributed by atoms with Gasteiger partial charge >= 0.3 is 0 Å². The molecule has 0 aromatic heterocycles. The number of methoxy groups -OCH3 is 1. The minimum Gasteiger partial charge on any atom is -0.493 e. The summed E-state index contributed by atoms with van der Waals surface area (Å²) in [5.74, 6) is -0.465. The summed E-state index contributed by atoms with van der Waals surface area (Å²) < 4.78 is 11.3. The minimum absolute atomic E-state index is 0.0127. The van der Waals surface area contributed by atoms with Gasteiger partial charge in [-0.3, -0.25) is 19.8 Å². The van der Waals surface area contributed by atoms with Gasteiger partial charge in [0.2, 0.25) is 0 Å². The number of hydrogen-bond donors (Lipinski definition) is 1. The molecule has 172 valence electrons. The van der Waals surface area contributed by atoms with Crippen LogP contribution in [0.3, 0.4) is 0 Å². The highest BCUT2D eigenvalue weighted by atomic mass is 35.5. The first-order valence-electron chi connectivity index (χ1n) is 10.1. The van der Waals surface area contributed by atoms with Crippen LogP contribution in [0, 0.1) is 0 Å². The Bertz CT molecular complexity index is 1310. The highest BCUT2D eigenvalue weighted by molar-refractivity contribution is 7.80. The SMILES string of the molecule is COc1cc(/C=C2/C(=O)NC(=S)N(c3ccccc3)C2=O)cc(Cl)c1OCc1cccc(Cl)c1. The summed E-state index contributed by atoms with van der Waals surface area (Å²) in [5, 5.41) is 3.42. The Labute approximate surface area is 211 Å². The molecule has 1 heterocycles. The highest BCUT2D eigenvalue weighted by Crippen LogP contribution is 2.38. The molecular formula is C25H18Cl2N2O4S. The number of nitrogens with one attached hydrogen (secondary N) is 1. The van der Waals surface area contributed by atoms with Crippen molar-refractivity contribution in [2.24, 2.45) is 0 Å². The third-order valence-corrected chi connectivity index (χ3v) is 5.75. The molecular weight excluding hydrogens is 495 g/mol. The van der Waals surface area contributed by atoms with Gasteiger partial charge in [-0.15, -0.1) is 0 Å². The molecule has 1 N–H and O–H groups in total. The molecule has 0 radical (unpaired) electrons. The fraction of sp³-hybridized carbons (Fsp3) is 0.0800. The van der Waals surface area contributed by atoms with E-state index in [-0.39, 0.29) is 22.3 Å². The number of amides is 2. The normalized spacial score (nSPS) is 14.9. The van der Waals surface area contributed by atoms with Crippen LogP contribution in [0.15, 0.2) is 72.3 Å². The van der Waals surface area contributed by atoms with E-state index in [1.807, 2.05) is 18.2 Å². The second-order valence-corrected chi connectivity index (χ2v) is 8.48. The Morgan fingerprint density at radius 3 is 2.50 bits per heavy atom. The Morgan fingerprint density at radius 1 is 1.03 bits per heavy atom. The smallest absolute Gasteiger partial charge is 0.270 e. The molecule has 6 nitrogen and oxygen atoms in total. The number of carbonyl (C=O) groups is 2. The van der Waals surface area contributed by atoms with Crippen LogP contribution in [-0.4, -0.2) is 24.0 Å². The number of halogens is 2. The molecule has 1 fully saturated rings. The molecule has 4 rings (SSSR count). The van der Waals surface area contributed by atoms with Crippen LogP contribution >= 0.6 is 35.4 Å². The number of anilines is 1. The molecule has 0 atom stereocenters. The van der Waals surface area contributed by atoms with E-state index in [4.69, 9.17) is 44.9 Å². The average molecular weight is 513 g/mol. The van der Waals surface area contributed by atoms with Crippen LogP contribution in [0.5, 0.6) is 11.5 Å². The van der Waals surface area contributed by atoms with Crippen LogP contribution < -0.4 is 19.7 Å². The number of ether oxygens (including phenoxy) is 2. The van der Waals surface area contributed by atoms with Crippen molar-refractivity contribution in [3.05, 3.63) is 93.5 Å². The molecule has 1 aliphatic rings. The van der Waals surface area contributed by atoms with Gasteiger partial charge in [0.1, 0.15) is 12.2 Å². The van der Waals surface area contributed by atoms with Gasteiger partial charge in [-0.25, -0.2) is 0 Å². The molecule has 1 saturated heterocycles. The number of thiocarbonyl (C=S) groups is 1. The van der Waals surface area contributed by atoms with Crippen molar-refractivity contribution in [3.63, 3.8) is 0 Å². The fourth-order valence-electron chi connectivity index (χ4n) is 3.38. The van der Waals surface area contributed by atoms with Crippen molar-refractivity contribution in [2.75, 3.05) is 12.0 Å². The van der Waals surface area contributed by atoms with Crippen molar-refractivity contribution in [2.45, 2.75) is 6.61 Å². The summed E-state index contributed by atoms with van der Waals surface area (Å²) in [6.07, 6.45) is 1.44. The number of hydrogen-bond acceptors (Lipinski definition) is 5. The van der Waals surface area contributed by atoms with Crippen LogP contribution in [0.25, 0.3) is 6.08 Å². The van der Waals surface area contributed by atoms with Crippen molar-refractivity contribution in [1.82, 2.24) is 5.32 Å². The number of nitrogens with zero attached hydrogens (tertiary/aromatic N) is 1. The highest BCUT2D eigenvalue weighted by Gasteiger charge is 2.34. The van der Waals surface area contributed by atoms with Gasteiger partial charge in [0.15, 0.2) is 16.6 Å². The minimum atomic E-state index is -0.599. The molecule has 0 aliphatic carbocycles. The van der Waals surface area contributed by atoms with E-state index < -0.39 is 11.8 Å². The number of benzene rings is 3. The summed E-state index contributed by atoms with van der Waals surface area (Å²) >= 11 is 17.7. The lowest BCUT2D eigenvalue weighted by molar-refractivity contribution is -0.122. The van der Waals surface area contributed by atoms with E-state index in [9.17, 15) is 9.59 Å². The maximum atomic E-state index is 13.2. The molecule has 0 spiro atoms. The number of para-hydroxylation sites is 1. The third kappa shape index (κ3) is 5.07. The van der Waals surface area contributed by atoms with Crippen LogP contribution in [0.1, 0.15) is 11.1 Å². The maximum Gasteiger partial charge on any atom is 0.270 e. The van der Waals surface area contributed by atoms with Gasteiger partial charge in [-0.05, 0) is 65.8 Å². The first-order chi connectivity index (χ1) is 16.4. The summed E-state index contributed by atoms with van der Waals surface area (Å²) in [4.78, 5) is 27.0. The van der Waals surface area contributed by atoms with E-state index in [1.54, 1.807) is 48.5 Å². The molecule has 1 aliphatic heterocycles. The van der Waals surface area contributed by atoms with Gasteiger partial charge in [0.25, 0.3) is 11.8 Å². The fourth-order valence-corrected chi connectivity index (χ4v) is 4.15. The van der Waals surface area contributed by atoms with Gasteiger partial charge in [0.05, 0.1) is 17.8 Å². The molecule has 0 bridgehead atoms. The zero-order chi connectivity index (χ0) is 24.2. The Balaban J connectivity index is 1.64. The second-order valence-electron chi connectivity index (χ2n) is 7.25. The van der Waals surface area contributed by atoms with Crippen LogP contribution in [-0.2, 0) is 16.2 Å². The van der Waals surface area contributed by atoms with Gasteiger partial charge < -0.3 is 9.47 Å². The predicted octanol–water partition coefficient (Wildman–Crippen LogP) is 5.41. The zero-order valence-electron chi connectivity index (χ0n) is 17.9. The lowest BCUT2D eigenvalue weighted by Gasteiger charge is -2.28. The molecule has 0 saturated carbocycles. The van der Waals surface area contributed by atoms with E-state index in [0.29, 0.717) is 27.8 Å². The molecule has 34 heavy (non-hydrogen) atoms. The van der Waals surface area contributed by atoms with Gasteiger partial charge in [-0.2, -0.15) is 0 Å². The standard InChI is InChI=1S/C25H18Cl2N2O4S/c1-32-21-13-16(12-20(27)22(21)33-14-15-6-5-7-17(26)10-15)11-19-23(30)28-25(34)29(24(19)31)18-8-3-2-4-9-18/h2-13H,14H2,1H3,(H,28,30,34)/b19-11-. The Hall–Kier alpha value is -3.39. The summed E-state index contributed by atoms with van der Waals surface area (Å²) in [7, 11) is 1.48. The molecule has 3 aromatic rings. The number of rotatable bonds is 6. The molecule has 2 amide bonds. The summed E-state index contributed by atoms with van der Waals surface area (Å²) in [5.41, 5.74) is 1.79.